The molecule has 0 saturated carbocycles. The molecular weight excluding hydrogens is 524 g/mol. The average Bonchev–Trinajstić information content (AvgIpc) is 3.29. The molecule has 39 heavy (non-hydrogen) atoms. The second-order valence-electron chi connectivity index (χ2n) is 9.06. The van der Waals surface area contributed by atoms with Crippen LogP contribution in [0.1, 0.15) is 12.5 Å². The maximum absolute atomic E-state index is 12.8. The number of phenols is 1. The molecule has 0 aliphatic heterocycles. The van der Waals surface area contributed by atoms with Gasteiger partial charge in [-0.2, -0.15) is 0 Å². The van der Waals surface area contributed by atoms with Gasteiger partial charge in [0.15, 0.2) is 6.10 Å². The zero-order valence-corrected chi connectivity index (χ0v) is 21.4. The van der Waals surface area contributed by atoms with Gasteiger partial charge in [-0.15, -0.1) is 0 Å². The van der Waals surface area contributed by atoms with Crippen molar-refractivity contribution >= 4 is 45.3 Å². The SMILES string of the molecule is C[C@@H](Oc1ccc2cc(-c3ccc(Cl)cc3)c(=O)oc2c1)C(=O)N[C@@H](Cc1c[nH]c2ccc(O)cc12)C(=O)O. The number of amides is 1. The van der Waals surface area contributed by atoms with E-state index in [0.29, 0.717) is 32.5 Å². The van der Waals surface area contributed by atoms with E-state index >= 15 is 0 Å². The summed E-state index contributed by atoms with van der Waals surface area (Å²) in [5.41, 5.74) is 2.14. The van der Waals surface area contributed by atoms with Crippen LogP contribution in [0.2, 0.25) is 5.02 Å². The number of aromatic nitrogens is 1. The van der Waals surface area contributed by atoms with E-state index < -0.39 is 29.6 Å². The first-order valence-electron chi connectivity index (χ1n) is 12.0. The van der Waals surface area contributed by atoms with Crippen LogP contribution >= 0.6 is 11.6 Å². The van der Waals surface area contributed by atoms with Crippen molar-refractivity contribution in [1.29, 1.82) is 0 Å². The van der Waals surface area contributed by atoms with Crippen LogP contribution in [0.5, 0.6) is 11.5 Å². The van der Waals surface area contributed by atoms with Crippen LogP contribution in [0.3, 0.4) is 0 Å². The van der Waals surface area contributed by atoms with Crippen LogP contribution < -0.4 is 15.7 Å². The molecule has 2 aromatic heterocycles. The number of rotatable bonds is 8. The molecular formula is C29H23ClN2O7. The van der Waals surface area contributed by atoms with Gasteiger partial charge in [0.05, 0.1) is 5.56 Å². The third-order valence-electron chi connectivity index (χ3n) is 6.33. The summed E-state index contributed by atoms with van der Waals surface area (Å²) in [6.07, 6.45) is 0.596. The summed E-state index contributed by atoms with van der Waals surface area (Å²) in [6.45, 7) is 1.49. The van der Waals surface area contributed by atoms with Gasteiger partial charge in [-0.1, -0.05) is 23.7 Å². The van der Waals surface area contributed by atoms with E-state index in [1.165, 1.54) is 25.1 Å². The van der Waals surface area contributed by atoms with Crippen LogP contribution in [0.25, 0.3) is 33.0 Å². The molecule has 3 aromatic carbocycles. The monoisotopic (exact) mass is 546 g/mol. The quantitative estimate of drug-likeness (QED) is 0.203. The van der Waals surface area contributed by atoms with Crippen LogP contribution in [-0.2, 0) is 16.0 Å². The summed E-state index contributed by atoms with van der Waals surface area (Å²) < 4.78 is 11.2. The Morgan fingerprint density at radius 3 is 2.59 bits per heavy atom. The first kappa shape index (κ1) is 25.9. The van der Waals surface area contributed by atoms with Crippen LogP contribution in [-0.4, -0.2) is 39.2 Å². The van der Waals surface area contributed by atoms with E-state index in [-0.39, 0.29) is 23.5 Å². The minimum absolute atomic E-state index is 0.00562. The number of fused-ring (bicyclic) bond motifs is 2. The van der Waals surface area contributed by atoms with Gasteiger partial charge in [0.1, 0.15) is 23.1 Å². The maximum Gasteiger partial charge on any atom is 0.344 e. The molecule has 2 atom stereocenters. The van der Waals surface area contributed by atoms with Gasteiger partial charge in [0.2, 0.25) is 0 Å². The van der Waals surface area contributed by atoms with E-state index in [4.69, 9.17) is 20.8 Å². The lowest BCUT2D eigenvalue weighted by molar-refractivity contribution is -0.142. The predicted molar refractivity (Wildman–Crippen MR) is 146 cm³/mol. The highest BCUT2D eigenvalue weighted by atomic mass is 35.5. The number of ether oxygens (including phenoxy) is 1. The Morgan fingerprint density at radius 1 is 1.08 bits per heavy atom. The maximum atomic E-state index is 12.8. The fraction of sp³-hybridized carbons (Fsp3) is 0.138. The third kappa shape index (κ3) is 5.58. The van der Waals surface area contributed by atoms with Crippen molar-refractivity contribution in [2.45, 2.75) is 25.5 Å². The molecule has 10 heteroatoms. The highest BCUT2D eigenvalue weighted by Crippen LogP contribution is 2.26. The molecule has 198 valence electrons. The summed E-state index contributed by atoms with van der Waals surface area (Å²) in [4.78, 5) is 40.4. The largest absolute Gasteiger partial charge is 0.508 e. The second-order valence-corrected chi connectivity index (χ2v) is 9.50. The zero-order chi connectivity index (χ0) is 27.7. The van der Waals surface area contributed by atoms with Crippen molar-refractivity contribution in [3.63, 3.8) is 0 Å². The molecule has 0 saturated heterocycles. The lowest BCUT2D eigenvalue weighted by Gasteiger charge is -2.19. The number of carbonyl (C=O) groups excluding carboxylic acids is 1. The molecule has 0 bridgehead atoms. The van der Waals surface area contributed by atoms with E-state index in [2.05, 4.69) is 10.3 Å². The van der Waals surface area contributed by atoms with Gasteiger partial charge < -0.3 is 29.7 Å². The van der Waals surface area contributed by atoms with Gasteiger partial charge in [-0.25, -0.2) is 9.59 Å². The van der Waals surface area contributed by atoms with Crippen LogP contribution in [0.15, 0.2) is 82.1 Å². The standard InChI is InChI=1S/C29H23ClN2O7/c1-15(27(34)32-25(28(35)36)11-18-14-31-24-9-7-20(33)12-22(18)24)38-21-8-4-17-10-23(29(37)39-26(17)13-21)16-2-5-19(30)6-3-16/h2-10,12-15,25,31,33H,11H2,1H3,(H,32,34)(H,35,36)/t15-,25+/m1/s1. The number of halogens is 1. The number of hydrogen-bond acceptors (Lipinski definition) is 6. The number of carbonyl (C=O) groups is 2. The number of benzene rings is 3. The van der Waals surface area contributed by atoms with Crippen molar-refractivity contribution in [3.8, 4) is 22.6 Å². The normalized spacial score (nSPS) is 12.8. The predicted octanol–water partition coefficient (Wildman–Crippen LogP) is 4.88. The second kappa shape index (κ2) is 10.5. The Labute approximate surface area is 226 Å². The molecule has 0 aliphatic carbocycles. The first-order valence-corrected chi connectivity index (χ1v) is 12.4. The molecule has 5 aromatic rings. The third-order valence-corrected chi connectivity index (χ3v) is 6.59. The fourth-order valence-electron chi connectivity index (χ4n) is 4.30. The summed E-state index contributed by atoms with van der Waals surface area (Å²) >= 11 is 5.93. The summed E-state index contributed by atoms with van der Waals surface area (Å²) in [5.74, 6) is -1.53. The van der Waals surface area contributed by atoms with E-state index in [1.54, 1.807) is 54.7 Å². The molecule has 0 radical (unpaired) electrons. The molecule has 9 nitrogen and oxygen atoms in total. The van der Waals surface area contributed by atoms with Gasteiger partial charge in [0.25, 0.3) is 5.91 Å². The molecule has 4 N–H and O–H groups in total. The Kier molecular flexibility index (Phi) is 7.00. The summed E-state index contributed by atoms with van der Waals surface area (Å²) in [7, 11) is 0. The number of H-pyrrole nitrogens is 1. The topological polar surface area (TPSA) is 142 Å². The number of aromatic hydroxyl groups is 1. The number of carboxylic acid groups (broad SMARTS) is 1. The number of nitrogens with one attached hydrogen (secondary N) is 2. The molecule has 0 fully saturated rings. The van der Waals surface area contributed by atoms with Gasteiger partial charge in [-0.05, 0) is 66.6 Å². The lowest BCUT2D eigenvalue weighted by Crippen LogP contribution is -2.47. The van der Waals surface area contributed by atoms with Crippen molar-refractivity contribution < 1.29 is 29.0 Å². The summed E-state index contributed by atoms with van der Waals surface area (Å²) in [5, 5.41) is 23.9. The Balaban J connectivity index is 1.29. The fourth-order valence-corrected chi connectivity index (χ4v) is 4.42. The smallest absolute Gasteiger partial charge is 0.344 e. The highest BCUT2D eigenvalue weighted by Gasteiger charge is 2.25. The first-order chi connectivity index (χ1) is 18.7. The highest BCUT2D eigenvalue weighted by molar-refractivity contribution is 6.30. The molecule has 0 unspecified atom stereocenters. The van der Waals surface area contributed by atoms with Crippen LogP contribution in [0.4, 0.5) is 0 Å². The van der Waals surface area contributed by atoms with Crippen molar-refractivity contribution in [2.75, 3.05) is 0 Å². The Morgan fingerprint density at radius 2 is 1.85 bits per heavy atom. The number of hydrogen-bond donors (Lipinski definition) is 4. The van der Waals surface area contributed by atoms with E-state index in [0.717, 1.165) is 5.52 Å². The molecule has 2 heterocycles. The van der Waals surface area contributed by atoms with Gasteiger partial charge in [-0.3, -0.25) is 4.79 Å². The molecule has 0 aliphatic rings. The van der Waals surface area contributed by atoms with Crippen LogP contribution in [0, 0.1) is 0 Å². The van der Waals surface area contributed by atoms with Crippen molar-refractivity contribution in [2.24, 2.45) is 0 Å². The van der Waals surface area contributed by atoms with Crippen molar-refractivity contribution in [1.82, 2.24) is 10.3 Å². The number of phenolic OH excluding ortho intramolecular Hbond substituents is 1. The summed E-state index contributed by atoms with van der Waals surface area (Å²) in [6, 6.07) is 16.9. The zero-order valence-electron chi connectivity index (χ0n) is 20.6. The number of aliphatic carboxylic acids is 1. The lowest BCUT2D eigenvalue weighted by atomic mass is 10.0. The Hall–Kier alpha value is -4.76. The Bertz CT molecular complexity index is 1760. The number of aromatic amines is 1. The molecule has 1 amide bonds. The van der Waals surface area contributed by atoms with E-state index in [1.807, 2.05) is 0 Å². The van der Waals surface area contributed by atoms with Gasteiger partial charge >= 0.3 is 11.6 Å². The minimum atomic E-state index is -1.23. The molecule has 5 rings (SSSR count). The van der Waals surface area contributed by atoms with Gasteiger partial charge in [0, 0.05) is 40.0 Å². The average molecular weight is 547 g/mol. The molecule has 0 spiro atoms. The number of carboxylic acids is 1. The van der Waals surface area contributed by atoms with E-state index in [9.17, 15) is 24.6 Å². The minimum Gasteiger partial charge on any atom is -0.508 e. The van der Waals surface area contributed by atoms with Crippen molar-refractivity contribution in [3.05, 3.63) is 93.9 Å².